The van der Waals surface area contributed by atoms with Crippen molar-refractivity contribution in [2.24, 2.45) is 5.73 Å². The number of rotatable bonds is 1. The van der Waals surface area contributed by atoms with Crippen LogP contribution >= 0.6 is 11.3 Å². The van der Waals surface area contributed by atoms with Gasteiger partial charge in [-0.25, -0.2) is 0 Å². The fourth-order valence-corrected chi connectivity index (χ4v) is 2.77. The van der Waals surface area contributed by atoms with Gasteiger partial charge in [-0.1, -0.05) is 30.4 Å². The SMILES string of the molecule is CC1(N)C=CC=CC1(C)c1cccs1. The Morgan fingerprint density at radius 3 is 2.50 bits per heavy atom. The monoisotopic (exact) mass is 205 g/mol. The van der Waals surface area contributed by atoms with Crippen LogP contribution in [0.5, 0.6) is 0 Å². The quantitative estimate of drug-likeness (QED) is 0.749. The molecule has 0 radical (unpaired) electrons. The maximum absolute atomic E-state index is 6.32. The Hall–Kier alpha value is -0.860. The Morgan fingerprint density at radius 1 is 1.21 bits per heavy atom. The lowest BCUT2D eigenvalue weighted by Gasteiger charge is -2.41. The molecule has 1 aromatic rings. The minimum Gasteiger partial charge on any atom is -0.321 e. The van der Waals surface area contributed by atoms with E-state index in [2.05, 4.69) is 49.6 Å². The third kappa shape index (κ3) is 1.26. The van der Waals surface area contributed by atoms with Crippen LogP contribution in [0, 0.1) is 0 Å². The number of hydrogen-bond acceptors (Lipinski definition) is 2. The molecule has 1 nitrogen and oxygen atoms in total. The van der Waals surface area contributed by atoms with Crippen LogP contribution < -0.4 is 5.73 Å². The van der Waals surface area contributed by atoms with E-state index in [0.29, 0.717) is 0 Å². The average Bonchev–Trinajstić information content (AvgIpc) is 2.63. The first-order chi connectivity index (χ1) is 6.56. The second-order valence-corrected chi connectivity index (χ2v) is 5.13. The molecular formula is C12H15NS. The van der Waals surface area contributed by atoms with Crippen LogP contribution in [-0.4, -0.2) is 5.54 Å². The fourth-order valence-electron chi connectivity index (χ4n) is 1.78. The lowest BCUT2D eigenvalue weighted by atomic mass is 9.69. The first-order valence-electron chi connectivity index (χ1n) is 4.76. The molecule has 1 aliphatic rings. The molecular weight excluding hydrogens is 190 g/mol. The summed E-state index contributed by atoms with van der Waals surface area (Å²) in [6.07, 6.45) is 8.37. The van der Waals surface area contributed by atoms with Crippen LogP contribution in [0.15, 0.2) is 41.8 Å². The normalized spacial score (nSPS) is 36.2. The predicted molar refractivity (Wildman–Crippen MR) is 62.5 cm³/mol. The van der Waals surface area contributed by atoms with Crippen LogP contribution in [0.3, 0.4) is 0 Å². The Balaban J connectivity index is 2.50. The highest BCUT2D eigenvalue weighted by Crippen LogP contribution is 2.40. The highest BCUT2D eigenvalue weighted by molar-refractivity contribution is 7.10. The molecule has 0 aliphatic heterocycles. The zero-order chi connectivity index (χ0) is 10.2. The van der Waals surface area contributed by atoms with Gasteiger partial charge in [0.2, 0.25) is 0 Å². The van der Waals surface area contributed by atoms with Gasteiger partial charge in [0.25, 0.3) is 0 Å². The van der Waals surface area contributed by atoms with E-state index < -0.39 is 0 Å². The van der Waals surface area contributed by atoms with Gasteiger partial charge in [0.05, 0.1) is 0 Å². The van der Waals surface area contributed by atoms with Crippen molar-refractivity contribution in [3.8, 4) is 0 Å². The van der Waals surface area contributed by atoms with Crippen LogP contribution in [-0.2, 0) is 5.41 Å². The molecule has 2 atom stereocenters. The van der Waals surface area contributed by atoms with Gasteiger partial charge in [0.15, 0.2) is 0 Å². The van der Waals surface area contributed by atoms with Crippen LogP contribution in [0.4, 0.5) is 0 Å². The molecule has 14 heavy (non-hydrogen) atoms. The lowest BCUT2D eigenvalue weighted by Crippen LogP contribution is -2.52. The van der Waals surface area contributed by atoms with Crippen molar-refractivity contribution in [3.63, 3.8) is 0 Å². The molecule has 0 bridgehead atoms. The summed E-state index contributed by atoms with van der Waals surface area (Å²) in [4.78, 5) is 1.32. The predicted octanol–water partition coefficient (Wildman–Crippen LogP) is 2.85. The Labute approximate surface area is 88.9 Å². The standard InChI is InChI=1S/C12H15NS/c1-11(10-6-5-9-14-10)7-3-4-8-12(11,2)13/h3-9H,13H2,1-2H3. The second-order valence-electron chi connectivity index (χ2n) is 4.18. The highest BCUT2D eigenvalue weighted by Gasteiger charge is 2.41. The Morgan fingerprint density at radius 2 is 1.93 bits per heavy atom. The maximum atomic E-state index is 6.32. The minimum absolute atomic E-state index is 0.0735. The summed E-state index contributed by atoms with van der Waals surface area (Å²) in [6.45, 7) is 4.27. The van der Waals surface area contributed by atoms with E-state index in [-0.39, 0.29) is 11.0 Å². The molecule has 1 heterocycles. The number of allylic oxidation sites excluding steroid dienone is 2. The summed E-state index contributed by atoms with van der Waals surface area (Å²) >= 11 is 1.77. The smallest absolute Gasteiger partial charge is 0.0452 e. The largest absolute Gasteiger partial charge is 0.321 e. The van der Waals surface area contributed by atoms with Gasteiger partial charge in [-0.2, -0.15) is 0 Å². The van der Waals surface area contributed by atoms with E-state index in [4.69, 9.17) is 5.73 Å². The van der Waals surface area contributed by atoms with Gasteiger partial charge >= 0.3 is 0 Å². The van der Waals surface area contributed by atoms with Gasteiger partial charge in [0.1, 0.15) is 0 Å². The van der Waals surface area contributed by atoms with Crippen molar-refractivity contribution in [2.75, 3.05) is 0 Å². The van der Waals surface area contributed by atoms with Gasteiger partial charge in [-0.05, 0) is 25.3 Å². The number of hydrogen-bond donors (Lipinski definition) is 1. The molecule has 0 saturated carbocycles. The summed E-state index contributed by atoms with van der Waals surface area (Å²) in [5.74, 6) is 0. The summed E-state index contributed by atoms with van der Waals surface area (Å²) < 4.78 is 0. The molecule has 0 spiro atoms. The van der Waals surface area contributed by atoms with Gasteiger partial charge in [-0.3, -0.25) is 0 Å². The topological polar surface area (TPSA) is 26.0 Å². The molecule has 2 rings (SSSR count). The molecule has 0 fully saturated rings. The van der Waals surface area contributed by atoms with Crippen molar-refractivity contribution in [2.45, 2.75) is 24.8 Å². The lowest BCUT2D eigenvalue weighted by molar-refractivity contribution is 0.389. The molecule has 0 saturated heterocycles. The fraction of sp³-hybridized carbons (Fsp3) is 0.333. The first kappa shape index (κ1) is 9.69. The molecule has 2 heteroatoms. The molecule has 1 aromatic heterocycles. The van der Waals surface area contributed by atoms with Gasteiger partial charge < -0.3 is 5.73 Å². The molecule has 2 N–H and O–H groups in total. The summed E-state index contributed by atoms with van der Waals surface area (Å²) in [6, 6.07) is 4.23. The maximum Gasteiger partial charge on any atom is 0.0452 e. The summed E-state index contributed by atoms with van der Waals surface area (Å²) in [7, 11) is 0. The molecule has 74 valence electrons. The van der Waals surface area contributed by atoms with Crippen LogP contribution in [0.2, 0.25) is 0 Å². The van der Waals surface area contributed by atoms with E-state index in [1.807, 2.05) is 6.08 Å². The highest BCUT2D eigenvalue weighted by atomic mass is 32.1. The second kappa shape index (κ2) is 3.07. The van der Waals surface area contributed by atoms with Crippen LogP contribution in [0.1, 0.15) is 18.7 Å². The zero-order valence-electron chi connectivity index (χ0n) is 8.53. The van der Waals surface area contributed by atoms with Gasteiger partial charge in [0, 0.05) is 15.8 Å². The first-order valence-corrected chi connectivity index (χ1v) is 5.64. The van der Waals surface area contributed by atoms with Crippen molar-refractivity contribution in [1.29, 1.82) is 0 Å². The van der Waals surface area contributed by atoms with E-state index in [9.17, 15) is 0 Å². The van der Waals surface area contributed by atoms with Crippen molar-refractivity contribution in [1.82, 2.24) is 0 Å². The number of nitrogens with two attached hydrogens (primary N) is 1. The molecule has 0 amide bonds. The summed E-state index contributed by atoms with van der Waals surface area (Å²) in [5, 5.41) is 2.10. The average molecular weight is 205 g/mol. The van der Waals surface area contributed by atoms with Crippen molar-refractivity contribution < 1.29 is 0 Å². The minimum atomic E-state index is -0.299. The van der Waals surface area contributed by atoms with E-state index in [0.717, 1.165) is 0 Å². The van der Waals surface area contributed by atoms with Gasteiger partial charge in [-0.15, -0.1) is 11.3 Å². The molecule has 2 unspecified atom stereocenters. The van der Waals surface area contributed by atoms with E-state index in [1.54, 1.807) is 11.3 Å². The van der Waals surface area contributed by atoms with E-state index in [1.165, 1.54) is 4.88 Å². The summed E-state index contributed by atoms with van der Waals surface area (Å²) in [5.41, 5.74) is 5.94. The van der Waals surface area contributed by atoms with Crippen molar-refractivity contribution >= 4 is 11.3 Å². The van der Waals surface area contributed by atoms with Crippen molar-refractivity contribution in [3.05, 3.63) is 46.7 Å². The Kier molecular flexibility index (Phi) is 2.13. The zero-order valence-corrected chi connectivity index (χ0v) is 9.34. The Bertz CT molecular complexity index is 373. The number of thiophene rings is 1. The third-order valence-electron chi connectivity index (χ3n) is 3.14. The third-order valence-corrected chi connectivity index (χ3v) is 4.24. The molecule has 1 aliphatic carbocycles. The van der Waals surface area contributed by atoms with Crippen LogP contribution in [0.25, 0.3) is 0 Å². The van der Waals surface area contributed by atoms with E-state index >= 15 is 0 Å². The molecule has 0 aromatic carbocycles.